The Labute approximate surface area is 202 Å². The summed E-state index contributed by atoms with van der Waals surface area (Å²) in [5, 5.41) is 45.6. The molecule has 0 saturated heterocycles. The van der Waals surface area contributed by atoms with E-state index < -0.39 is 69.8 Å². The Hall–Kier alpha value is -2.97. The molecule has 5 atom stereocenters. The standard InChI is InChI=1S/C27H30O8/c1-11-13-6-7-14-21(35-9-8-25(14,3)4)18(13)20(30)19-24(33)27(34)15(22(31)26(11,19)5)10-16(29)17(12(2)28)23(27)32/h6-7,11,15,22,30-32,34H,8-10H2,1-5H3/t11-,15+,22+,26+,27+/m1/s1. The Morgan fingerprint density at radius 1 is 1.14 bits per heavy atom. The molecule has 0 unspecified atom stereocenters. The van der Waals surface area contributed by atoms with Crippen LogP contribution in [0.25, 0.3) is 5.76 Å². The van der Waals surface area contributed by atoms with Crippen LogP contribution in [0.5, 0.6) is 5.75 Å². The van der Waals surface area contributed by atoms with Crippen LogP contribution in [0.3, 0.4) is 0 Å². The first-order valence-electron chi connectivity index (χ1n) is 11.9. The van der Waals surface area contributed by atoms with Gasteiger partial charge in [0, 0.05) is 23.3 Å². The quantitative estimate of drug-likeness (QED) is 0.448. The molecule has 1 aliphatic heterocycles. The van der Waals surface area contributed by atoms with Crippen LogP contribution in [0, 0.1) is 11.3 Å². The van der Waals surface area contributed by atoms with Gasteiger partial charge >= 0.3 is 0 Å². The van der Waals surface area contributed by atoms with Crippen molar-refractivity contribution in [1.82, 2.24) is 0 Å². The number of Topliss-reactive ketones (excluding diaryl/α,β-unsaturated/α-hetero) is 3. The van der Waals surface area contributed by atoms with E-state index >= 15 is 0 Å². The molecule has 3 aliphatic carbocycles. The van der Waals surface area contributed by atoms with Gasteiger partial charge in [-0.25, -0.2) is 0 Å². The topological polar surface area (TPSA) is 141 Å². The fourth-order valence-corrected chi connectivity index (χ4v) is 6.64. The van der Waals surface area contributed by atoms with Crippen LogP contribution >= 0.6 is 0 Å². The van der Waals surface area contributed by atoms with E-state index in [4.69, 9.17) is 4.74 Å². The molecule has 1 aromatic carbocycles. The average Bonchev–Trinajstić information content (AvgIpc) is 2.77. The number of carbonyl (C=O) groups excluding carboxylic acids is 3. The van der Waals surface area contributed by atoms with Gasteiger partial charge in [-0.3, -0.25) is 14.4 Å². The van der Waals surface area contributed by atoms with E-state index in [2.05, 4.69) is 13.8 Å². The molecule has 0 aromatic heterocycles. The number of aliphatic hydroxyl groups is 4. The number of hydrogen-bond donors (Lipinski definition) is 4. The first-order valence-corrected chi connectivity index (χ1v) is 11.9. The third-order valence-corrected chi connectivity index (χ3v) is 9.01. The highest BCUT2D eigenvalue weighted by Crippen LogP contribution is 2.62. The number of ether oxygens (including phenoxy) is 1. The molecular weight excluding hydrogens is 452 g/mol. The molecule has 8 nitrogen and oxygen atoms in total. The molecule has 1 fully saturated rings. The van der Waals surface area contributed by atoms with Gasteiger partial charge in [0.05, 0.1) is 23.8 Å². The zero-order valence-electron chi connectivity index (χ0n) is 20.4. The summed E-state index contributed by atoms with van der Waals surface area (Å²) in [6.45, 7) is 9.03. The summed E-state index contributed by atoms with van der Waals surface area (Å²) in [4.78, 5) is 38.7. The number of hydrogen-bond acceptors (Lipinski definition) is 8. The van der Waals surface area contributed by atoms with Gasteiger partial charge in [0.15, 0.2) is 17.2 Å². The highest BCUT2D eigenvalue weighted by Gasteiger charge is 2.68. The van der Waals surface area contributed by atoms with Crippen molar-refractivity contribution >= 4 is 23.1 Å². The van der Waals surface area contributed by atoms with E-state index in [1.165, 1.54) is 0 Å². The highest BCUT2D eigenvalue weighted by molar-refractivity contribution is 6.23. The Bertz CT molecular complexity index is 1280. The second kappa shape index (κ2) is 7.04. The van der Waals surface area contributed by atoms with Gasteiger partial charge in [-0.2, -0.15) is 0 Å². The average molecular weight is 483 g/mol. The molecule has 35 heavy (non-hydrogen) atoms. The van der Waals surface area contributed by atoms with Crippen molar-refractivity contribution in [3.63, 3.8) is 0 Å². The van der Waals surface area contributed by atoms with Crippen molar-refractivity contribution < 1.29 is 39.5 Å². The van der Waals surface area contributed by atoms with Crippen molar-refractivity contribution in [3.8, 4) is 5.75 Å². The minimum atomic E-state index is -2.72. The Balaban J connectivity index is 1.83. The van der Waals surface area contributed by atoms with Crippen LogP contribution in [-0.4, -0.2) is 56.1 Å². The molecule has 5 rings (SSSR count). The molecule has 1 heterocycles. The number of benzene rings is 1. The van der Waals surface area contributed by atoms with Gasteiger partial charge in [0.25, 0.3) is 0 Å². The summed E-state index contributed by atoms with van der Waals surface area (Å²) in [7, 11) is 0. The van der Waals surface area contributed by atoms with Crippen LogP contribution in [0.15, 0.2) is 29.0 Å². The summed E-state index contributed by atoms with van der Waals surface area (Å²) in [5.74, 6) is -5.50. The maximum Gasteiger partial charge on any atom is 0.202 e. The third kappa shape index (κ3) is 2.67. The molecule has 0 spiro atoms. The lowest BCUT2D eigenvalue weighted by molar-refractivity contribution is -0.169. The number of ketones is 3. The SMILES string of the molecule is CC(=O)C1=C(O)[C@]2(O)C(=O)C3=C(O)c4c(ccc5c4OCCC5(C)C)[C@@H](C)[C@]3(C)[C@@H](O)[C@@H]2CC1=O. The van der Waals surface area contributed by atoms with Crippen LogP contribution in [-0.2, 0) is 19.8 Å². The van der Waals surface area contributed by atoms with Crippen molar-refractivity contribution in [1.29, 1.82) is 0 Å². The zero-order valence-corrected chi connectivity index (χ0v) is 20.4. The van der Waals surface area contributed by atoms with E-state index in [0.29, 0.717) is 23.5 Å². The minimum Gasteiger partial charge on any atom is -0.508 e. The molecule has 0 bridgehead atoms. The summed E-state index contributed by atoms with van der Waals surface area (Å²) in [5.41, 5.74) is -3.35. The predicted octanol–water partition coefficient (Wildman–Crippen LogP) is 2.80. The van der Waals surface area contributed by atoms with Gasteiger partial charge in [0.1, 0.15) is 22.8 Å². The molecule has 4 aliphatic rings. The van der Waals surface area contributed by atoms with Gasteiger partial charge in [-0.05, 0) is 30.2 Å². The predicted molar refractivity (Wildman–Crippen MR) is 125 cm³/mol. The smallest absolute Gasteiger partial charge is 0.202 e. The van der Waals surface area contributed by atoms with Crippen LogP contribution < -0.4 is 4.74 Å². The summed E-state index contributed by atoms with van der Waals surface area (Å²) in [6, 6.07) is 3.80. The molecule has 0 amide bonds. The van der Waals surface area contributed by atoms with E-state index in [-0.39, 0.29) is 11.0 Å². The lowest BCUT2D eigenvalue weighted by Gasteiger charge is -2.56. The number of rotatable bonds is 1. The first-order chi connectivity index (χ1) is 16.2. The fraction of sp³-hybridized carbons (Fsp3) is 0.519. The normalized spacial score (nSPS) is 35.6. The lowest BCUT2D eigenvalue weighted by Crippen LogP contribution is -2.67. The summed E-state index contributed by atoms with van der Waals surface area (Å²) >= 11 is 0. The third-order valence-electron chi connectivity index (χ3n) is 9.01. The Kier molecular flexibility index (Phi) is 4.78. The minimum absolute atomic E-state index is 0.238. The van der Waals surface area contributed by atoms with Gasteiger partial charge in [0.2, 0.25) is 5.78 Å². The van der Waals surface area contributed by atoms with E-state index in [9.17, 15) is 34.8 Å². The van der Waals surface area contributed by atoms with Crippen molar-refractivity contribution in [2.45, 2.75) is 70.5 Å². The highest BCUT2D eigenvalue weighted by atomic mass is 16.5. The molecule has 4 N–H and O–H groups in total. The monoisotopic (exact) mass is 482 g/mol. The molecule has 1 saturated carbocycles. The van der Waals surface area contributed by atoms with Gasteiger partial charge < -0.3 is 25.2 Å². The maximum atomic E-state index is 14.0. The second-order valence-corrected chi connectivity index (χ2v) is 11.2. The van der Waals surface area contributed by atoms with Crippen molar-refractivity contribution in [2.24, 2.45) is 11.3 Å². The van der Waals surface area contributed by atoms with Crippen molar-refractivity contribution in [3.05, 3.63) is 45.7 Å². The first kappa shape index (κ1) is 23.8. The molecule has 8 heteroatoms. The molecule has 1 aromatic rings. The van der Waals surface area contributed by atoms with Crippen LogP contribution in [0.4, 0.5) is 0 Å². The van der Waals surface area contributed by atoms with Crippen LogP contribution in [0.2, 0.25) is 0 Å². The molecule has 186 valence electrons. The van der Waals surface area contributed by atoms with Crippen LogP contribution in [0.1, 0.15) is 70.1 Å². The van der Waals surface area contributed by atoms with E-state index in [0.717, 1.165) is 18.9 Å². The number of aliphatic hydroxyl groups excluding tert-OH is 3. The van der Waals surface area contributed by atoms with E-state index in [1.54, 1.807) is 6.92 Å². The van der Waals surface area contributed by atoms with E-state index in [1.807, 2.05) is 19.1 Å². The van der Waals surface area contributed by atoms with Gasteiger partial charge in [-0.15, -0.1) is 0 Å². The number of carbonyl (C=O) groups is 3. The summed E-state index contributed by atoms with van der Waals surface area (Å²) in [6.07, 6.45) is -1.21. The Morgan fingerprint density at radius 2 is 1.80 bits per heavy atom. The largest absolute Gasteiger partial charge is 0.508 e. The number of allylic oxidation sites excluding steroid dienone is 1. The molecular formula is C27H30O8. The number of fused-ring (bicyclic) bond motifs is 5. The second-order valence-electron chi connectivity index (χ2n) is 11.2. The van der Waals surface area contributed by atoms with Crippen molar-refractivity contribution in [2.75, 3.05) is 6.61 Å². The lowest BCUT2D eigenvalue weighted by atomic mass is 9.49. The zero-order chi connectivity index (χ0) is 25.8. The Morgan fingerprint density at radius 3 is 2.43 bits per heavy atom. The van der Waals surface area contributed by atoms with Gasteiger partial charge in [-0.1, -0.05) is 39.8 Å². The maximum absolute atomic E-state index is 14.0. The molecule has 0 radical (unpaired) electrons. The summed E-state index contributed by atoms with van der Waals surface area (Å²) < 4.78 is 5.99. The fourth-order valence-electron chi connectivity index (χ4n) is 6.64.